The van der Waals surface area contributed by atoms with Gasteiger partial charge in [-0.2, -0.15) is 9.57 Å². The van der Waals surface area contributed by atoms with Crippen LogP contribution in [0.5, 0.6) is 0 Å². The van der Waals surface area contributed by atoms with E-state index in [4.69, 9.17) is 5.26 Å². The number of aromatic nitrogens is 1. The summed E-state index contributed by atoms with van der Waals surface area (Å²) in [5.74, 6) is 0. The van der Waals surface area contributed by atoms with Crippen LogP contribution in [-0.4, -0.2) is 24.8 Å². The Balaban J connectivity index is 2.29. The van der Waals surface area contributed by atoms with Crippen molar-refractivity contribution in [2.24, 2.45) is 0 Å². The fourth-order valence-electron chi connectivity index (χ4n) is 1.94. The van der Waals surface area contributed by atoms with Crippen molar-refractivity contribution in [2.45, 2.75) is 18.4 Å². The summed E-state index contributed by atoms with van der Waals surface area (Å²) in [6.45, 7) is 1.97. The molecule has 21 heavy (non-hydrogen) atoms. The molecule has 0 saturated heterocycles. The van der Waals surface area contributed by atoms with E-state index in [-0.39, 0.29) is 11.4 Å². The third-order valence-corrected chi connectivity index (χ3v) is 4.95. The fourth-order valence-corrected chi connectivity index (χ4v) is 3.18. The van der Waals surface area contributed by atoms with E-state index in [0.29, 0.717) is 11.1 Å². The predicted molar refractivity (Wildman–Crippen MR) is 78.8 cm³/mol. The number of nitriles is 1. The number of nitrogens with zero attached hydrogens (tertiary/aromatic N) is 3. The van der Waals surface area contributed by atoms with Crippen molar-refractivity contribution in [2.75, 3.05) is 7.05 Å². The zero-order valence-electron chi connectivity index (χ0n) is 11.8. The molecule has 1 aromatic carbocycles. The van der Waals surface area contributed by atoms with Crippen LogP contribution in [0, 0.1) is 18.3 Å². The zero-order chi connectivity index (χ0) is 15.5. The van der Waals surface area contributed by atoms with Gasteiger partial charge in [-0.1, -0.05) is 6.07 Å². The molecule has 108 valence electrons. The van der Waals surface area contributed by atoms with Gasteiger partial charge in [0.1, 0.15) is 0 Å². The number of hydrogen-bond donors (Lipinski definition) is 0. The molecule has 1 aromatic heterocycles. The molecule has 0 bridgehead atoms. The third kappa shape index (κ3) is 3.27. The Morgan fingerprint density at radius 1 is 1.33 bits per heavy atom. The SMILES string of the molecule is Cc1cc(S(=O)(=O)N(C)Cc2cccnc2)ccc1C#N. The quantitative estimate of drug-likeness (QED) is 0.866. The number of pyridine rings is 1. The predicted octanol–water partition coefficient (Wildman–Crippen LogP) is 2.08. The first-order valence-electron chi connectivity index (χ1n) is 6.31. The molecule has 0 spiro atoms. The summed E-state index contributed by atoms with van der Waals surface area (Å²) in [5.41, 5.74) is 1.94. The summed E-state index contributed by atoms with van der Waals surface area (Å²) in [6, 6.07) is 10.1. The Hall–Kier alpha value is -2.23. The maximum Gasteiger partial charge on any atom is 0.243 e. The topological polar surface area (TPSA) is 74.1 Å². The molecule has 0 radical (unpaired) electrons. The Morgan fingerprint density at radius 2 is 2.10 bits per heavy atom. The number of rotatable bonds is 4. The van der Waals surface area contributed by atoms with Gasteiger partial charge in [0.05, 0.1) is 16.5 Å². The molecule has 0 saturated carbocycles. The van der Waals surface area contributed by atoms with E-state index in [1.165, 1.54) is 29.6 Å². The maximum absolute atomic E-state index is 12.5. The molecule has 2 rings (SSSR count). The van der Waals surface area contributed by atoms with E-state index in [2.05, 4.69) is 4.98 Å². The van der Waals surface area contributed by atoms with E-state index in [1.54, 1.807) is 25.4 Å². The third-order valence-electron chi connectivity index (χ3n) is 3.15. The molecule has 2 aromatic rings. The molecule has 0 aliphatic rings. The van der Waals surface area contributed by atoms with Crippen LogP contribution in [0.15, 0.2) is 47.6 Å². The Labute approximate surface area is 124 Å². The van der Waals surface area contributed by atoms with Crippen LogP contribution < -0.4 is 0 Å². The van der Waals surface area contributed by atoms with Gasteiger partial charge in [0, 0.05) is 26.0 Å². The molecule has 0 unspecified atom stereocenters. The molecule has 0 fully saturated rings. The molecule has 0 aliphatic carbocycles. The standard InChI is InChI=1S/C15H15N3O2S/c1-12-8-15(6-5-14(12)9-16)21(19,20)18(2)11-13-4-3-7-17-10-13/h3-8,10H,11H2,1-2H3. The van der Waals surface area contributed by atoms with Crippen LogP contribution in [0.3, 0.4) is 0 Å². The molecular weight excluding hydrogens is 286 g/mol. The van der Waals surface area contributed by atoms with Crippen LogP contribution in [0.4, 0.5) is 0 Å². The van der Waals surface area contributed by atoms with E-state index in [9.17, 15) is 8.42 Å². The fraction of sp³-hybridized carbons (Fsp3) is 0.200. The lowest BCUT2D eigenvalue weighted by atomic mass is 10.1. The second-order valence-electron chi connectivity index (χ2n) is 4.71. The van der Waals surface area contributed by atoms with Gasteiger partial charge < -0.3 is 0 Å². The number of benzene rings is 1. The maximum atomic E-state index is 12.5. The number of aryl methyl sites for hydroxylation is 1. The average Bonchev–Trinajstić information content (AvgIpc) is 2.48. The van der Waals surface area contributed by atoms with Gasteiger partial charge in [-0.3, -0.25) is 4.98 Å². The summed E-state index contributed by atoms with van der Waals surface area (Å²) in [5, 5.41) is 8.90. The van der Waals surface area contributed by atoms with Gasteiger partial charge in [0.25, 0.3) is 0 Å². The van der Waals surface area contributed by atoms with Crippen molar-refractivity contribution in [3.8, 4) is 6.07 Å². The number of hydrogen-bond acceptors (Lipinski definition) is 4. The zero-order valence-corrected chi connectivity index (χ0v) is 12.6. The summed E-state index contributed by atoms with van der Waals surface area (Å²) in [7, 11) is -2.06. The molecule has 1 heterocycles. The van der Waals surface area contributed by atoms with Gasteiger partial charge in [-0.15, -0.1) is 0 Å². The van der Waals surface area contributed by atoms with Crippen molar-refractivity contribution in [3.05, 3.63) is 59.4 Å². The minimum absolute atomic E-state index is 0.186. The summed E-state index contributed by atoms with van der Waals surface area (Å²) < 4.78 is 26.3. The second kappa shape index (κ2) is 6.04. The van der Waals surface area contributed by atoms with Crippen molar-refractivity contribution < 1.29 is 8.42 Å². The van der Waals surface area contributed by atoms with Crippen molar-refractivity contribution in [1.82, 2.24) is 9.29 Å². The summed E-state index contributed by atoms with van der Waals surface area (Å²) in [6.07, 6.45) is 3.28. The minimum Gasteiger partial charge on any atom is -0.264 e. The lowest BCUT2D eigenvalue weighted by molar-refractivity contribution is 0.466. The Kier molecular flexibility index (Phi) is 4.36. The van der Waals surface area contributed by atoms with E-state index in [1.807, 2.05) is 12.1 Å². The molecule has 0 aliphatic heterocycles. The highest BCUT2D eigenvalue weighted by molar-refractivity contribution is 7.89. The first kappa shape index (κ1) is 15.2. The van der Waals surface area contributed by atoms with Crippen LogP contribution in [0.2, 0.25) is 0 Å². The second-order valence-corrected chi connectivity index (χ2v) is 6.76. The van der Waals surface area contributed by atoms with E-state index >= 15 is 0 Å². The molecular formula is C15H15N3O2S. The smallest absolute Gasteiger partial charge is 0.243 e. The highest BCUT2D eigenvalue weighted by atomic mass is 32.2. The van der Waals surface area contributed by atoms with Crippen LogP contribution >= 0.6 is 0 Å². The molecule has 5 nitrogen and oxygen atoms in total. The van der Waals surface area contributed by atoms with E-state index in [0.717, 1.165) is 5.56 Å². The molecule has 6 heteroatoms. The summed E-state index contributed by atoms with van der Waals surface area (Å²) in [4.78, 5) is 4.16. The first-order chi connectivity index (χ1) is 9.95. The van der Waals surface area contributed by atoms with Crippen LogP contribution in [0.25, 0.3) is 0 Å². The van der Waals surface area contributed by atoms with E-state index < -0.39 is 10.0 Å². The highest BCUT2D eigenvalue weighted by Crippen LogP contribution is 2.19. The largest absolute Gasteiger partial charge is 0.264 e. The van der Waals surface area contributed by atoms with Crippen molar-refractivity contribution in [3.63, 3.8) is 0 Å². The van der Waals surface area contributed by atoms with Gasteiger partial charge in [-0.05, 0) is 42.3 Å². The van der Waals surface area contributed by atoms with Gasteiger partial charge in [0.2, 0.25) is 10.0 Å². The highest BCUT2D eigenvalue weighted by Gasteiger charge is 2.21. The first-order valence-corrected chi connectivity index (χ1v) is 7.75. The average molecular weight is 301 g/mol. The molecule has 0 amide bonds. The Morgan fingerprint density at radius 3 is 2.67 bits per heavy atom. The van der Waals surface area contributed by atoms with Crippen LogP contribution in [0.1, 0.15) is 16.7 Å². The summed E-state index contributed by atoms with van der Waals surface area (Å²) >= 11 is 0. The van der Waals surface area contributed by atoms with Crippen molar-refractivity contribution in [1.29, 1.82) is 5.26 Å². The lowest BCUT2D eigenvalue weighted by Crippen LogP contribution is -2.26. The monoisotopic (exact) mass is 301 g/mol. The molecule has 0 atom stereocenters. The number of sulfonamides is 1. The normalized spacial score (nSPS) is 11.3. The van der Waals surface area contributed by atoms with Crippen LogP contribution in [-0.2, 0) is 16.6 Å². The van der Waals surface area contributed by atoms with Gasteiger partial charge in [-0.25, -0.2) is 8.42 Å². The molecule has 0 N–H and O–H groups in total. The van der Waals surface area contributed by atoms with Gasteiger partial charge >= 0.3 is 0 Å². The lowest BCUT2D eigenvalue weighted by Gasteiger charge is -2.17. The Bertz CT molecular complexity index is 780. The minimum atomic E-state index is -3.59. The van der Waals surface area contributed by atoms with Crippen molar-refractivity contribution >= 4 is 10.0 Å². The van der Waals surface area contributed by atoms with Gasteiger partial charge in [0.15, 0.2) is 0 Å².